The Kier molecular flexibility index (Phi) is 4.63. The molecule has 1 aromatic carbocycles. The van der Waals surface area contributed by atoms with Gasteiger partial charge in [0.25, 0.3) is 5.91 Å². The van der Waals surface area contributed by atoms with Gasteiger partial charge in [-0.05, 0) is 43.2 Å². The van der Waals surface area contributed by atoms with E-state index in [1.165, 1.54) is 6.07 Å². The molecule has 1 aromatic heterocycles. The summed E-state index contributed by atoms with van der Waals surface area (Å²) >= 11 is 0. The van der Waals surface area contributed by atoms with Crippen LogP contribution >= 0.6 is 0 Å². The third kappa shape index (κ3) is 2.99. The number of hydrogen-bond acceptors (Lipinski definition) is 4. The zero-order valence-corrected chi connectivity index (χ0v) is 16.3. The molecular formula is C20H23F2N5O2. The fraction of sp³-hybridized carbons (Fsp3) is 0.500. The molecule has 0 saturated carbocycles. The number of benzene rings is 1. The Morgan fingerprint density at radius 3 is 2.79 bits per heavy atom. The van der Waals surface area contributed by atoms with Crippen molar-refractivity contribution in [2.75, 3.05) is 5.32 Å². The average Bonchev–Trinajstić information content (AvgIpc) is 3.02. The first-order valence-corrected chi connectivity index (χ1v) is 9.79. The number of nitrogens with one attached hydrogen (secondary N) is 1. The number of primary amides is 1. The predicted molar refractivity (Wildman–Crippen MR) is 101 cm³/mol. The molecule has 2 aliphatic heterocycles. The number of carbonyl (C=O) groups is 2. The lowest BCUT2D eigenvalue weighted by Crippen LogP contribution is -2.53. The summed E-state index contributed by atoms with van der Waals surface area (Å²) in [6, 6.07) is 2.03. The van der Waals surface area contributed by atoms with E-state index in [-0.39, 0.29) is 23.3 Å². The number of anilines is 1. The Bertz CT molecular complexity index is 1000. The third-order valence-electron chi connectivity index (χ3n) is 6.27. The molecule has 2 aromatic rings. The van der Waals surface area contributed by atoms with Gasteiger partial charge in [-0.3, -0.25) is 9.59 Å². The van der Waals surface area contributed by atoms with Gasteiger partial charge < -0.3 is 11.1 Å². The van der Waals surface area contributed by atoms with Crippen molar-refractivity contribution >= 4 is 17.5 Å². The van der Waals surface area contributed by atoms with Crippen LogP contribution in [0.3, 0.4) is 0 Å². The molecule has 29 heavy (non-hydrogen) atoms. The van der Waals surface area contributed by atoms with Crippen LogP contribution in [0.25, 0.3) is 0 Å². The fourth-order valence-corrected chi connectivity index (χ4v) is 4.92. The highest BCUT2D eigenvalue weighted by Gasteiger charge is 2.51. The smallest absolute Gasteiger partial charge is 0.288 e. The standard InChI is InChI=1S/C20H23F2N5O2/c1-10(2)20(7-3-4-15-24-18(17(23)28)26-27(15)20)13-6-5-11-8-12(21)9-14(22)16(11)25-19(13)29/h8-10,13H,3-7H2,1-2H3,(H2,23,28)(H,25,29)/t13-,20?/m1/s1. The second-order valence-corrected chi connectivity index (χ2v) is 8.13. The molecule has 2 atom stereocenters. The average molecular weight is 403 g/mol. The van der Waals surface area contributed by atoms with Gasteiger partial charge in [0.2, 0.25) is 11.7 Å². The van der Waals surface area contributed by atoms with Gasteiger partial charge in [0.05, 0.1) is 17.1 Å². The van der Waals surface area contributed by atoms with Gasteiger partial charge in [-0.25, -0.2) is 18.4 Å². The van der Waals surface area contributed by atoms with Crippen molar-refractivity contribution in [1.82, 2.24) is 14.8 Å². The van der Waals surface area contributed by atoms with Gasteiger partial charge in [0, 0.05) is 12.5 Å². The van der Waals surface area contributed by atoms with E-state index >= 15 is 0 Å². The van der Waals surface area contributed by atoms with Crippen LogP contribution in [-0.4, -0.2) is 26.6 Å². The minimum absolute atomic E-state index is 0.0254. The first-order valence-electron chi connectivity index (χ1n) is 9.79. The second-order valence-electron chi connectivity index (χ2n) is 8.13. The second kappa shape index (κ2) is 6.89. The number of aryl methyl sites for hydroxylation is 2. The molecular weight excluding hydrogens is 380 g/mol. The Morgan fingerprint density at radius 2 is 2.10 bits per heavy atom. The molecule has 3 N–H and O–H groups in total. The maximum Gasteiger partial charge on any atom is 0.288 e. The molecule has 0 radical (unpaired) electrons. The molecule has 7 nitrogen and oxygen atoms in total. The van der Waals surface area contributed by atoms with Crippen molar-refractivity contribution in [2.45, 2.75) is 51.5 Å². The van der Waals surface area contributed by atoms with Crippen LogP contribution in [0.15, 0.2) is 12.1 Å². The molecule has 1 unspecified atom stereocenters. The van der Waals surface area contributed by atoms with Crippen LogP contribution in [-0.2, 0) is 23.2 Å². The highest BCUT2D eigenvalue weighted by molar-refractivity contribution is 5.95. The summed E-state index contributed by atoms with van der Waals surface area (Å²) in [7, 11) is 0. The van der Waals surface area contributed by atoms with Crippen LogP contribution in [0.2, 0.25) is 0 Å². The van der Waals surface area contributed by atoms with Crippen molar-refractivity contribution in [3.8, 4) is 0 Å². The minimum Gasteiger partial charge on any atom is -0.363 e. The van der Waals surface area contributed by atoms with E-state index in [9.17, 15) is 18.4 Å². The van der Waals surface area contributed by atoms with Crippen LogP contribution in [0.4, 0.5) is 14.5 Å². The molecule has 9 heteroatoms. The summed E-state index contributed by atoms with van der Waals surface area (Å²) in [6.07, 6.45) is 2.79. The van der Waals surface area contributed by atoms with Crippen molar-refractivity contribution in [1.29, 1.82) is 0 Å². The summed E-state index contributed by atoms with van der Waals surface area (Å²) in [6.45, 7) is 3.98. The lowest BCUT2D eigenvalue weighted by Gasteiger charge is -2.46. The maximum atomic E-state index is 14.3. The molecule has 2 amide bonds. The van der Waals surface area contributed by atoms with E-state index in [0.29, 0.717) is 37.1 Å². The normalized spacial score (nSPS) is 23.9. The molecule has 4 rings (SSSR count). The predicted octanol–water partition coefficient (Wildman–Crippen LogP) is 2.54. The van der Waals surface area contributed by atoms with Gasteiger partial charge in [0.1, 0.15) is 17.5 Å². The summed E-state index contributed by atoms with van der Waals surface area (Å²) in [5.74, 6) is -2.56. The number of carbonyl (C=O) groups excluding carboxylic acids is 2. The summed E-state index contributed by atoms with van der Waals surface area (Å²) in [5.41, 5.74) is 5.10. The molecule has 0 bridgehead atoms. The van der Waals surface area contributed by atoms with Gasteiger partial charge in [-0.1, -0.05) is 13.8 Å². The van der Waals surface area contributed by atoms with Crippen LogP contribution in [0, 0.1) is 23.5 Å². The minimum atomic E-state index is -0.784. The van der Waals surface area contributed by atoms with E-state index in [1.807, 2.05) is 13.8 Å². The van der Waals surface area contributed by atoms with Crippen LogP contribution < -0.4 is 11.1 Å². The quantitative estimate of drug-likeness (QED) is 0.822. The first-order chi connectivity index (χ1) is 13.7. The number of halogens is 2. The largest absolute Gasteiger partial charge is 0.363 e. The number of fused-ring (bicyclic) bond motifs is 2. The third-order valence-corrected chi connectivity index (χ3v) is 6.27. The van der Waals surface area contributed by atoms with Gasteiger partial charge in [0.15, 0.2) is 0 Å². The lowest BCUT2D eigenvalue weighted by molar-refractivity contribution is -0.126. The molecule has 3 heterocycles. The molecule has 0 aliphatic carbocycles. The van der Waals surface area contributed by atoms with Crippen molar-refractivity contribution in [3.05, 3.63) is 41.0 Å². The first kappa shape index (κ1) is 19.5. The fourth-order valence-electron chi connectivity index (χ4n) is 4.92. The highest BCUT2D eigenvalue weighted by atomic mass is 19.1. The van der Waals surface area contributed by atoms with Gasteiger partial charge in [-0.15, -0.1) is 5.10 Å². The Morgan fingerprint density at radius 1 is 1.34 bits per heavy atom. The summed E-state index contributed by atoms with van der Waals surface area (Å²) < 4.78 is 29.7. The number of nitrogens with zero attached hydrogens (tertiary/aromatic N) is 3. The molecule has 2 aliphatic rings. The topological polar surface area (TPSA) is 103 Å². The highest BCUT2D eigenvalue weighted by Crippen LogP contribution is 2.46. The molecule has 154 valence electrons. The van der Waals surface area contributed by atoms with E-state index < -0.39 is 29.0 Å². The summed E-state index contributed by atoms with van der Waals surface area (Å²) in [4.78, 5) is 29.2. The van der Waals surface area contributed by atoms with Gasteiger partial charge in [-0.2, -0.15) is 0 Å². The lowest BCUT2D eigenvalue weighted by atomic mass is 9.68. The monoisotopic (exact) mass is 403 g/mol. The Balaban J connectivity index is 1.81. The van der Waals surface area contributed by atoms with Crippen molar-refractivity contribution in [2.24, 2.45) is 17.6 Å². The number of hydrogen-bond donors (Lipinski definition) is 2. The van der Waals surface area contributed by atoms with Gasteiger partial charge >= 0.3 is 0 Å². The van der Waals surface area contributed by atoms with E-state index in [1.54, 1.807) is 4.68 Å². The number of aromatic nitrogens is 3. The summed E-state index contributed by atoms with van der Waals surface area (Å²) in [5, 5.41) is 7.03. The van der Waals surface area contributed by atoms with E-state index in [2.05, 4.69) is 15.4 Å². The SMILES string of the molecule is CC(C)C1([C@@H]2CCc3cc(F)cc(F)c3NC2=O)CCCc2nc(C(N)=O)nn21. The van der Waals surface area contributed by atoms with E-state index in [0.717, 1.165) is 12.5 Å². The molecule has 0 saturated heterocycles. The molecule has 0 spiro atoms. The zero-order chi connectivity index (χ0) is 20.9. The number of nitrogens with two attached hydrogens (primary N) is 1. The van der Waals surface area contributed by atoms with E-state index in [4.69, 9.17) is 5.73 Å². The Hall–Kier alpha value is -2.84. The van der Waals surface area contributed by atoms with Crippen LogP contribution in [0.5, 0.6) is 0 Å². The zero-order valence-electron chi connectivity index (χ0n) is 16.3. The number of amides is 2. The van der Waals surface area contributed by atoms with Crippen LogP contribution in [0.1, 0.15) is 55.1 Å². The van der Waals surface area contributed by atoms with Crippen molar-refractivity contribution in [3.63, 3.8) is 0 Å². The van der Waals surface area contributed by atoms with Crippen molar-refractivity contribution < 1.29 is 18.4 Å². The Labute approximate surface area is 166 Å². The number of rotatable bonds is 3. The maximum absolute atomic E-state index is 14.3. The molecule has 0 fully saturated rings.